The van der Waals surface area contributed by atoms with Gasteiger partial charge in [-0.3, -0.25) is 9.80 Å². The van der Waals surface area contributed by atoms with E-state index in [4.69, 9.17) is 11.6 Å². The molecule has 3 N–H and O–H groups in total. The van der Waals surface area contributed by atoms with E-state index in [1.165, 1.54) is 12.1 Å². The minimum Gasteiger partial charge on any atom is -0.311 e. The van der Waals surface area contributed by atoms with Crippen molar-refractivity contribution in [1.82, 2.24) is 25.9 Å². The smallest absolute Gasteiger partial charge is 0.311 e. The van der Waals surface area contributed by atoms with Gasteiger partial charge in [-0.05, 0) is 31.5 Å². The number of nitrogens with zero attached hydrogens (tertiary/aromatic N) is 2. The number of hydrazine groups is 2. The Hall–Kier alpha value is -2.52. The third kappa shape index (κ3) is 3.68. The first kappa shape index (κ1) is 18.3. The Kier molecular flexibility index (Phi) is 4.68. The van der Waals surface area contributed by atoms with Crippen molar-refractivity contribution in [3.8, 4) is 0 Å². The van der Waals surface area contributed by atoms with Crippen LogP contribution in [0.5, 0.6) is 0 Å². The number of nitrogens with one attached hydrogen (secondary N) is 3. The Labute approximate surface area is 151 Å². The molecule has 3 rings (SSSR count). The lowest BCUT2D eigenvalue weighted by atomic mass is 10.1. The molecule has 0 bridgehead atoms. The number of alkyl halides is 3. The van der Waals surface area contributed by atoms with Crippen molar-refractivity contribution >= 4 is 17.3 Å². The highest BCUT2D eigenvalue weighted by molar-refractivity contribution is 6.31. The van der Waals surface area contributed by atoms with E-state index in [0.29, 0.717) is 22.8 Å². The zero-order valence-electron chi connectivity index (χ0n) is 13.8. The van der Waals surface area contributed by atoms with Crippen LogP contribution in [0.4, 0.5) is 13.2 Å². The molecule has 2 heterocycles. The van der Waals surface area contributed by atoms with Gasteiger partial charge in [-0.1, -0.05) is 17.7 Å². The van der Waals surface area contributed by atoms with Crippen molar-refractivity contribution in [1.29, 1.82) is 0 Å². The van der Waals surface area contributed by atoms with E-state index in [2.05, 4.69) is 20.9 Å². The van der Waals surface area contributed by atoms with Gasteiger partial charge >= 0.3 is 6.18 Å². The van der Waals surface area contributed by atoms with Crippen LogP contribution < -0.4 is 16.5 Å². The van der Waals surface area contributed by atoms with Crippen LogP contribution in [0.1, 0.15) is 35.6 Å². The molecule has 0 saturated heterocycles. The minimum atomic E-state index is -4.45. The van der Waals surface area contributed by atoms with Crippen LogP contribution in [0, 0.1) is 6.92 Å². The second-order valence-electron chi connectivity index (χ2n) is 5.81. The second-order valence-corrected chi connectivity index (χ2v) is 6.22. The molecule has 1 aromatic heterocycles. The van der Waals surface area contributed by atoms with Crippen molar-refractivity contribution in [3.05, 3.63) is 68.5 Å². The zero-order valence-corrected chi connectivity index (χ0v) is 14.5. The van der Waals surface area contributed by atoms with Crippen LogP contribution in [0.15, 0.2) is 35.3 Å². The maximum absolute atomic E-state index is 12.8. The first-order valence-corrected chi connectivity index (χ1v) is 8.00. The second kappa shape index (κ2) is 6.65. The van der Waals surface area contributed by atoms with Gasteiger partial charge in [0.25, 0.3) is 5.56 Å². The van der Waals surface area contributed by atoms with Gasteiger partial charge in [-0.15, -0.1) is 5.53 Å². The predicted molar refractivity (Wildman–Crippen MR) is 90.6 cm³/mol. The monoisotopic (exact) mass is 385 g/mol. The Morgan fingerprint density at radius 3 is 2.62 bits per heavy atom. The number of rotatable bonds is 3. The standard InChI is InChI=1S/C16H15ClF3N5O/c1-8(11-4-3-10(5-12(11)17)16(18,19)20)25-7-14(23-24-25)13-6-15(26)22-9(2)21-13/h3-8,23-24H,1-2H3,(H,21,22,26)/t8-/m1/s1. The molecule has 1 atom stereocenters. The van der Waals surface area contributed by atoms with Gasteiger partial charge in [0.05, 0.1) is 23.0 Å². The minimum absolute atomic E-state index is 0.0149. The van der Waals surface area contributed by atoms with Crippen molar-refractivity contribution < 1.29 is 13.2 Å². The van der Waals surface area contributed by atoms with E-state index in [1.807, 2.05) is 0 Å². The maximum atomic E-state index is 12.8. The van der Waals surface area contributed by atoms with Crippen molar-refractivity contribution in [2.24, 2.45) is 0 Å². The van der Waals surface area contributed by atoms with Gasteiger partial charge in [-0.2, -0.15) is 13.2 Å². The summed E-state index contributed by atoms with van der Waals surface area (Å²) < 4.78 is 38.3. The molecule has 2 aromatic rings. The van der Waals surface area contributed by atoms with Crippen LogP contribution >= 0.6 is 11.6 Å². The van der Waals surface area contributed by atoms with Gasteiger partial charge in [0.15, 0.2) is 0 Å². The molecule has 0 amide bonds. The third-order valence-electron chi connectivity index (χ3n) is 3.92. The van der Waals surface area contributed by atoms with E-state index >= 15 is 0 Å². The summed E-state index contributed by atoms with van der Waals surface area (Å²) in [6.07, 6.45) is -2.78. The summed E-state index contributed by atoms with van der Waals surface area (Å²) >= 11 is 6.05. The fourth-order valence-corrected chi connectivity index (χ4v) is 2.92. The quantitative estimate of drug-likeness (QED) is 0.757. The fourth-order valence-electron chi connectivity index (χ4n) is 2.58. The van der Waals surface area contributed by atoms with Gasteiger partial charge in [0.1, 0.15) is 5.82 Å². The van der Waals surface area contributed by atoms with Gasteiger partial charge < -0.3 is 10.4 Å². The lowest BCUT2D eigenvalue weighted by Gasteiger charge is -2.25. The van der Waals surface area contributed by atoms with Crippen LogP contribution in [-0.2, 0) is 6.18 Å². The maximum Gasteiger partial charge on any atom is 0.416 e. The summed E-state index contributed by atoms with van der Waals surface area (Å²) in [5.41, 5.74) is 6.17. The topological polar surface area (TPSA) is 73.1 Å². The molecule has 10 heteroatoms. The van der Waals surface area contributed by atoms with E-state index in [0.717, 1.165) is 12.1 Å². The van der Waals surface area contributed by atoms with Crippen LogP contribution in [0.25, 0.3) is 5.70 Å². The lowest BCUT2D eigenvalue weighted by molar-refractivity contribution is -0.137. The first-order valence-electron chi connectivity index (χ1n) is 7.62. The molecule has 1 aromatic carbocycles. The molecule has 0 unspecified atom stereocenters. The summed E-state index contributed by atoms with van der Waals surface area (Å²) in [6, 6.07) is 4.21. The number of hydrogen-bond donors (Lipinski definition) is 3. The lowest BCUT2D eigenvalue weighted by Crippen LogP contribution is -2.38. The SMILES string of the molecule is Cc1nc(C2=CN([C@H](C)c3ccc(C(F)(F)F)cc3Cl)NN2)cc(=O)[nH]1. The number of aromatic amines is 1. The number of aryl methyl sites for hydroxylation is 1. The predicted octanol–water partition coefficient (Wildman–Crippen LogP) is 3.13. The van der Waals surface area contributed by atoms with Gasteiger partial charge in [0.2, 0.25) is 0 Å². The molecule has 0 fully saturated rings. The summed E-state index contributed by atoms with van der Waals surface area (Å²) in [5.74, 6) is 0.465. The van der Waals surface area contributed by atoms with E-state index in [1.54, 1.807) is 25.1 Å². The highest BCUT2D eigenvalue weighted by Crippen LogP contribution is 2.35. The highest BCUT2D eigenvalue weighted by atomic mass is 35.5. The van der Waals surface area contributed by atoms with Crippen molar-refractivity contribution in [3.63, 3.8) is 0 Å². The number of benzene rings is 1. The number of aromatic nitrogens is 2. The van der Waals surface area contributed by atoms with Crippen LogP contribution in [-0.4, -0.2) is 15.0 Å². The van der Waals surface area contributed by atoms with Gasteiger partial charge in [0, 0.05) is 17.3 Å². The molecule has 26 heavy (non-hydrogen) atoms. The number of halogens is 4. The van der Waals surface area contributed by atoms with Crippen LogP contribution in [0.2, 0.25) is 5.02 Å². The first-order chi connectivity index (χ1) is 12.1. The summed E-state index contributed by atoms with van der Waals surface area (Å²) in [4.78, 5) is 18.4. The molecular formula is C16H15ClF3N5O. The fraction of sp³-hybridized carbons (Fsp3) is 0.250. The largest absolute Gasteiger partial charge is 0.416 e. The van der Waals surface area contributed by atoms with Crippen molar-refractivity contribution in [2.45, 2.75) is 26.1 Å². The van der Waals surface area contributed by atoms with Gasteiger partial charge in [-0.25, -0.2) is 4.98 Å². The van der Waals surface area contributed by atoms with E-state index in [-0.39, 0.29) is 16.6 Å². The molecule has 1 aliphatic rings. The normalized spacial score (nSPS) is 15.6. The summed E-state index contributed by atoms with van der Waals surface area (Å²) in [5, 5.41) is 1.64. The molecule has 0 saturated carbocycles. The molecule has 0 aliphatic carbocycles. The molecule has 6 nitrogen and oxygen atoms in total. The molecule has 138 valence electrons. The molecule has 0 radical (unpaired) electrons. The van der Waals surface area contributed by atoms with Crippen molar-refractivity contribution in [2.75, 3.05) is 0 Å². The van der Waals surface area contributed by atoms with Crippen LogP contribution in [0.3, 0.4) is 0 Å². The highest BCUT2D eigenvalue weighted by Gasteiger charge is 2.31. The zero-order chi connectivity index (χ0) is 19.1. The molecule has 1 aliphatic heterocycles. The van der Waals surface area contributed by atoms with E-state index in [9.17, 15) is 18.0 Å². The number of hydrogen-bond acceptors (Lipinski definition) is 5. The Bertz CT molecular complexity index is 925. The van der Waals surface area contributed by atoms with E-state index < -0.39 is 11.7 Å². The Balaban J connectivity index is 1.86. The molecular weight excluding hydrogens is 371 g/mol. The molecule has 0 spiro atoms. The average Bonchev–Trinajstić information content (AvgIpc) is 3.02. The summed E-state index contributed by atoms with van der Waals surface area (Å²) in [7, 11) is 0. The average molecular weight is 386 g/mol. The Morgan fingerprint density at radius 2 is 2.00 bits per heavy atom. The number of H-pyrrole nitrogens is 1. The third-order valence-corrected chi connectivity index (χ3v) is 4.25. The Morgan fingerprint density at radius 1 is 1.27 bits per heavy atom. The summed E-state index contributed by atoms with van der Waals surface area (Å²) in [6.45, 7) is 3.44.